The molecule has 1 N–H and O–H groups in total. The van der Waals surface area contributed by atoms with E-state index >= 15 is 0 Å². The number of benzene rings is 1. The predicted octanol–water partition coefficient (Wildman–Crippen LogP) is 5.52. The van der Waals surface area contributed by atoms with Gasteiger partial charge in [0.15, 0.2) is 5.78 Å². The molecule has 2 aromatic rings. The van der Waals surface area contributed by atoms with E-state index in [4.69, 9.17) is 4.74 Å². The van der Waals surface area contributed by atoms with Crippen LogP contribution in [0.3, 0.4) is 0 Å². The Kier molecular flexibility index (Phi) is 5.68. The van der Waals surface area contributed by atoms with Gasteiger partial charge in [-0.3, -0.25) is 4.79 Å². The van der Waals surface area contributed by atoms with E-state index in [9.17, 15) is 14.9 Å². The number of nitrogens with zero attached hydrogens (tertiary/aromatic N) is 2. The lowest BCUT2D eigenvalue weighted by atomic mass is 9.74. The first-order valence-electron chi connectivity index (χ1n) is 11.1. The van der Waals surface area contributed by atoms with Crippen molar-refractivity contribution in [2.75, 3.05) is 13.1 Å². The Hall–Kier alpha value is -3.33. The highest BCUT2D eigenvalue weighted by molar-refractivity contribution is 6.04. The molecule has 166 valence electrons. The molecule has 1 fully saturated rings. The highest BCUT2D eigenvalue weighted by Crippen LogP contribution is 2.41. The number of aromatic nitrogens is 1. The zero-order chi connectivity index (χ0) is 22.9. The highest BCUT2D eigenvalue weighted by Gasteiger charge is 2.47. The van der Waals surface area contributed by atoms with Gasteiger partial charge in [0, 0.05) is 35.8 Å². The van der Waals surface area contributed by atoms with Crippen LogP contribution >= 0.6 is 0 Å². The van der Waals surface area contributed by atoms with Crippen molar-refractivity contribution in [3.63, 3.8) is 0 Å². The molecule has 4 rings (SSSR count). The SMILES string of the molecule is CC(C)(C)OC(=O)N1CCC(CC2=CCCC=C2)(C(=O)c2ccc3[nH]cc(C#N)c3c2)C1. The Morgan fingerprint density at radius 1 is 1.28 bits per heavy atom. The third-order valence-corrected chi connectivity index (χ3v) is 6.17. The summed E-state index contributed by atoms with van der Waals surface area (Å²) >= 11 is 0. The van der Waals surface area contributed by atoms with Gasteiger partial charge in [-0.15, -0.1) is 0 Å². The fraction of sp³-hybridized carbons (Fsp3) is 0.423. The molecule has 6 heteroatoms. The molecule has 0 spiro atoms. The number of hydrogen-bond donors (Lipinski definition) is 1. The van der Waals surface area contributed by atoms with Gasteiger partial charge >= 0.3 is 6.09 Å². The Bertz CT molecular complexity index is 1160. The van der Waals surface area contributed by atoms with E-state index in [1.165, 1.54) is 0 Å². The number of carbonyl (C=O) groups excluding carboxylic acids is 2. The van der Waals surface area contributed by atoms with E-state index in [-0.39, 0.29) is 11.9 Å². The van der Waals surface area contributed by atoms with E-state index < -0.39 is 11.0 Å². The first-order chi connectivity index (χ1) is 15.2. The summed E-state index contributed by atoms with van der Waals surface area (Å²) in [5.41, 5.74) is 1.74. The van der Waals surface area contributed by atoms with Crippen LogP contribution in [0.25, 0.3) is 10.9 Å². The number of aromatic amines is 1. The first kappa shape index (κ1) is 21.9. The van der Waals surface area contributed by atoms with Gasteiger partial charge in [-0.25, -0.2) is 4.79 Å². The number of likely N-dealkylation sites (tertiary alicyclic amines) is 1. The highest BCUT2D eigenvalue weighted by atomic mass is 16.6. The molecular formula is C26H29N3O3. The normalized spacial score (nSPS) is 20.8. The minimum atomic E-state index is -0.721. The van der Waals surface area contributed by atoms with E-state index in [1.54, 1.807) is 17.2 Å². The molecule has 1 aliphatic heterocycles. The molecule has 2 aliphatic rings. The maximum atomic E-state index is 13.9. The smallest absolute Gasteiger partial charge is 0.410 e. The largest absolute Gasteiger partial charge is 0.444 e. The number of nitrogens with one attached hydrogen (secondary N) is 1. The van der Waals surface area contributed by atoms with Crippen molar-refractivity contribution in [1.29, 1.82) is 5.26 Å². The van der Waals surface area contributed by atoms with Gasteiger partial charge in [0.25, 0.3) is 0 Å². The van der Waals surface area contributed by atoms with Crippen LogP contribution in [0.1, 0.15) is 62.4 Å². The minimum absolute atomic E-state index is 0.00965. The summed E-state index contributed by atoms with van der Waals surface area (Å²) in [5, 5.41) is 10.1. The Labute approximate surface area is 188 Å². The summed E-state index contributed by atoms with van der Waals surface area (Å²) in [6.07, 6.45) is 10.8. The van der Waals surface area contributed by atoms with E-state index in [0.717, 1.165) is 29.3 Å². The molecule has 0 saturated carbocycles. The van der Waals surface area contributed by atoms with Crippen molar-refractivity contribution >= 4 is 22.8 Å². The van der Waals surface area contributed by atoms with Crippen LogP contribution in [0.2, 0.25) is 0 Å². The molecule has 2 heterocycles. The van der Waals surface area contributed by atoms with Gasteiger partial charge in [-0.1, -0.05) is 23.8 Å². The Balaban J connectivity index is 1.67. The molecule has 1 amide bonds. The van der Waals surface area contributed by atoms with E-state index in [0.29, 0.717) is 37.1 Å². The lowest BCUT2D eigenvalue weighted by molar-refractivity contribution is 0.0274. The van der Waals surface area contributed by atoms with Crippen molar-refractivity contribution in [3.05, 3.63) is 59.3 Å². The molecule has 1 saturated heterocycles. The molecule has 0 bridgehead atoms. The summed E-state index contributed by atoms with van der Waals surface area (Å²) in [7, 11) is 0. The number of rotatable bonds is 4. The zero-order valence-corrected chi connectivity index (χ0v) is 18.9. The summed E-state index contributed by atoms with van der Waals surface area (Å²) in [5.74, 6) is 0.00965. The number of fused-ring (bicyclic) bond motifs is 1. The number of ketones is 1. The average molecular weight is 432 g/mol. The van der Waals surface area contributed by atoms with Crippen molar-refractivity contribution in [2.45, 2.75) is 52.1 Å². The van der Waals surface area contributed by atoms with Crippen LogP contribution < -0.4 is 0 Å². The zero-order valence-electron chi connectivity index (χ0n) is 18.9. The monoisotopic (exact) mass is 431 g/mol. The lowest BCUT2D eigenvalue weighted by Crippen LogP contribution is -2.39. The second-order valence-electron chi connectivity index (χ2n) is 9.77. The van der Waals surface area contributed by atoms with Crippen LogP contribution in [0.5, 0.6) is 0 Å². The van der Waals surface area contributed by atoms with Gasteiger partial charge in [0.1, 0.15) is 11.7 Å². The van der Waals surface area contributed by atoms with Crippen LogP contribution in [0.15, 0.2) is 48.2 Å². The predicted molar refractivity (Wildman–Crippen MR) is 123 cm³/mol. The number of Topliss-reactive ketones (excluding diaryl/α,β-unsaturated/α-hetero) is 1. The van der Waals surface area contributed by atoms with Gasteiger partial charge in [0.2, 0.25) is 0 Å². The van der Waals surface area contributed by atoms with Crippen molar-refractivity contribution in [3.8, 4) is 6.07 Å². The quantitative estimate of drug-likeness (QED) is 0.646. The topological polar surface area (TPSA) is 86.2 Å². The standard InChI is InChI=1S/C26H29N3O3/c1-25(2,3)32-24(31)29-12-11-26(17-29,14-18-7-5-4-6-8-18)23(30)19-9-10-22-21(13-19)20(15-27)16-28-22/h5,7-10,13,16,28H,4,6,11-12,14,17H2,1-3H3. The third-order valence-electron chi connectivity index (χ3n) is 6.17. The lowest BCUT2D eigenvalue weighted by Gasteiger charge is -2.30. The van der Waals surface area contributed by atoms with Crippen molar-refractivity contribution < 1.29 is 14.3 Å². The summed E-state index contributed by atoms with van der Waals surface area (Å²) in [6, 6.07) is 7.63. The summed E-state index contributed by atoms with van der Waals surface area (Å²) in [4.78, 5) is 31.4. The maximum absolute atomic E-state index is 13.9. The molecule has 1 atom stereocenters. The summed E-state index contributed by atoms with van der Waals surface area (Å²) in [6.45, 7) is 6.33. The molecule has 1 unspecified atom stereocenters. The molecular weight excluding hydrogens is 402 g/mol. The van der Waals surface area contributed by atoms with Gasteiger partial charge in [-0.05, 0) is 64.7 Å². The average Bonchev–Trinajstić information content (AvgIpc) is 3.37. The number of hydrogen-bond acceptors (Lipinski definition) is 4. The van der Waals surface area contributed by atoms with Crippen molar-refractivity contribution in [1.82, 2.24) is 9.88 Å². The number of allylic oxidation sites excluding steroid dienone is 4. The Morgan fingerprint density at radius 2 is 2.09 bits per heavy atom. The van der Waals surface area contributed by atoms with Crippen molar-refractivity contribution in [2.24, 2.45) is 5.41 Å². The number of carbonyl (C=O) groups is 2. The molecule has 6 nitrogen and oxygen atoms in total. The number of H-pyrrole nitrogens is 1. The summed E-state index contributed by atoms with van der Waals surface area (Å²) < 4.78 is 5.57. The van der Waals surface area contributed by atoms with Gasteiger partial charge < -0.3 is 14.6 Å². The number of amides is 1. The van der Waals surface area contributed by atoms with Crippen LogP contribution in [0.4, 0.5) is 4.79 Å². The van der Waals surface area contributed by atoms with Crippen LogP contribution in [-0.4, -0.2) is 40.5 Å². The molecule has 0 radical (unpaired) electrons. The Morgan fingerprint density at radius 3 is 2.78 bits per heavy atom. The third kappa shape index (κ3) is 4.34. The number of ether oxygens (including phenoxy) is 1. The van der Waals surface area contributed by atoms with Gasteiger partial charge in [-0.2, -0.15) is 5.26 Å². The van der Waals surface area contributed by atoms with E-state index in [2.05, 4.69) is 29.3 Å². The molecule has 1 aliphatic carbocycles. The minimum Gasteiger partial charge on any atom is -0.444 e. The fourth-order valence-electron chi connectivity index (χ4n) is 4.61. The van der Waals surface area contributed by atoms with Crippen LogP contribution in [-0.2, 0) is 4.74 Å². The number of nitriles is 1. The van der Waals surface area contributed by atoms with Gasteiger partial charge in [0.05, 0.1) is 11.0 Å². The maximum Gasteiger partial charge on any atom is 0.410 e. The van der Waals surface area contributed by atoms with Crippen LogP contribution in [0, 0.1) is 16.7 Å². The fourth-order valence-corrected chi connectivity index (χ4v) is 4.61. The first-order valence-corrected chi connectivity index (χ1v) is 11.1. The second kappa shape index (κ2) is 8.31. The molecule has 1 aromatic carbocycles. The van der Waals surface area contributed by atoms with E-state index in [1.807, 2.05) is 32.9 Å². The second-order valence-corrected chi connectivity index (χ2v) is 9.77. The molecule has 1 aromatic heterocycles. The molecule has 32 heavy (non-hydrogen) atoms.